The van der Waals surface area contributed by atoms with Gasteiger partial charge in [-0.15, -0.1) is 16.4 Å². The van der Waals surface area contributed by atoms with Crippen molar-refractivity contribution in [3.05, 3.63) is 60.8 Å². The number of thiazole rings is 1. The van der Waals surface area contributed by atoms with Crippen LogP contribution in [0.2, 0.25) is 0 Å². The van der Waals surface area contributed by atoms with Crippen LogP contribution in [-0.2, 0) is 0 Å². The maximum Gasteiger partial charge on any atom is 0.129 e. The van der Waals surface area contributed by atoms with Crippen LogP contribution >= 0.6 is 11.3 Å². The summed E-state index contributed by atoms with van der Waals surface area (Å²) >= 11 is 1.56. The predicted octanol–water partition coefficient (Wildman–Crippen LogP) is 4.28. The lowest BCUT2D eigenvalue weighted by Gasteiger charge is -2.06. The van der Waals surface area contributed by atoms with E-state index in [0.29, 0.717) is 0 Å². The number of ether oxygens (including phenoxy) is 1. The highest BCUT2D eigenvalue weighted by Crippen LogP contribution is 2.36. The Hall–Kier alpha value is -2.93. The lowest BCUT2D eigenvalue weighted by molar-refractivity contribution is 0.416. The molecule has 0 fully saturated rings. The third-order valence-electron chi connectivity index (χ3n) is 3.96. The van der Waals surface area contributed by atoms with Crippen LogP contribution in [0.4, 0.5) is 0 Å². The van der Waals surface area contributed by atoms with Crippen LogP contribution in [0.5, 0.6) is 5.75 Å². The molecule has 3 aromatic heterocycles. The van der Waals surface area contributed by atoms with Crippen molar-refractivity contribution in [3.63, 3.8) is 0 Å². The van der Waals surface area contributed by atoms with Crippen molar-refractivity contribution >= 4 is 11.3 Å². The molecule has 126 valence electrons. The molecule has 0 unspecified atom stereocenters. The molecule has 0 radical (unpaired) electrons. The second-order valence-corrected chi connectivity index (χ2v) is 6.54. The molecule has 4 rings (SSSR count). The summed E-state index contributed by atoms with van der Waals surface area (Å²) in [4.78, 5) is 5.48. The summed E-state index contributed by atoms with van der Waals surface area (Å²) in [6.45, 7) is 2.02. The fourth-order valence-electron chi connectivity index (χ4n) is 2.58. The molecule has 4 aromatic rings. The molecule has 6 nitrogen and oxygen atoms in total. The molecule has 25 heavy (non-hydrogen) atoms. The summed E-state index contributed by atoms with van der Waals surface area (Å²) in [6.07, 6.45) is 5.39. The van der Waals surface area contributed by atoms with E-state index >= 15 is 0 Å². The second-order valence-electron chi connectivity index (χ2n) is 5.51. The maximum absolute atomic E-state index is 5.44. The second kappa shape index (κ2) is 6.52. The Bertz CT molecular complexity index is 975. The summed E-state index contributed by atoms with van der Waals surface area (Å²) in [5.74, 6) is 1.65. The standard InChI is InChI=1S/C18H16N4O2S/c1-12(15-8-5-9-24-15)22-11-14(20-21-22)17-10-19-18(25-17)13-6-3-4-7-16(13)23-2/h3-12H,1-2H3/t12-/m1/s1. The molecule has 1 aromatic carbocycles. The van der Waals surface area contributed by atoms with E-state index in [2.05, 4.69) is 15.3 Å². The fraction of sp³-hybridized carbons (Fsp3) is 0.167. The first kappa shape index (κ1) is 15.6. The topological polar surface area (TPSA) is 66.0 Å². The molecule has 7 heteroatoms. The molecule has 0 N–H and O–H groups in total. The van der Waals surface area contributed by atoms with E-state index in [9.17, 15) is 0 Å². The van der Waals surface area contributed by atoms with Crippen LogP contribution in [0.15, 0.2) is 59.5 Å². The van der Waals surface area contributed by atoms with Crippen LogP contribution in [-0.4, -0.2) is 27.1 Å². The molecule has 0 aliphatic heterocycles. The highest BCUT2D eigenvalue weighted by molar-refractivity contribution is 7.18. The van der Waals surface area contributed by atoms with Gasteiger partial charge in [-0.1, -0.05) is 17.3 Å². The Balaban J connectivity index is 1.63. The summed E-state index contributed by atoms with van der Waals surface area (Å²) in [7, 11) is 1.66. The first-order valence-electron chi connectivity index (χ1n) is 7.81. The Morgan fingerprint density at radius 2 is 2.08 bits per heavy atom. The first-order valence-corrected chi connectivity index (χ1v) is 8.62. The summed E-state index contributed by atoms with van der Waals surface area (Å²) in [6, 6.07) is 11.6. The number of benzene rings is 1. The zero-order chi connectivity index (χ0) is 17.2. The number of para-hydroxylation sites is 1. The Labute approximate surface area is 148 Å². The van der Waals surface area contributed by atoms with Gasteiger partial charge in [0, 0.05) is 6.20 Å². The number of aromatic nitrogens is 4. The minimum atomic E-state index is -0.0159. The van der Waals surface area contributed by atoms with Crippen LogP contribution in [0.25, 0.3) is 21.1 Å². The van der Waals surface area contributed by atoms with Gasteiger partial charge in [-0.25, -0.2) is 9.67 Å². The molecule has 0 saturated heterocycles. The number of furan rings is 1. The van der Waals surface area contributed by atoms with Gasteiger partial charge in [0.15, 0.2) is 0 Å². The fourth-order valence-corrected chi connectivity index (χ4v) is 3.47. The molecule has 0 saturated carbocycles. The van der Waals surface area contributed by atoms with Crippen molar-refractivity contribution in [1.82, 2.24) is 20.0 Å². The minimum Gasteiger partial charge on any atom is -0.496 e. The number of rotatable bonds is 5. The molecule has 0 amide bonds. The van der Waals surface area contributed by atoms with Crippen LogP contribution in [0, 0.1) is 0 Å². The lowest BCUT2D eigenvalue weighted by atomic mass is 10.2. The van der Waals surface area contributed by atoms with Crippen molar-refractivity contribution in [2.24, 2.45) is 0 Å². The van der Waals surface area contributed by atoms with E-state index in [0.717, 1.165) is 32.7 Å². The molecule has 0 spiro atoms. The number of hydrogen-bond donors (Lipinski definition) is 0. The Morgan fingerprint density at radius 3 is 2.88 bits per heavy atom. The summed E-state index contributed by atoms with van der Waals surface area (Å²) < 4.78 is 12.6. The molecule has 0 bridgehead atoms. The van der Waals surface area contributed by atoms with E-state index in [1.165, 1.54) is 0 Å². The average Bonchev–Trinajstić information content (AvgIpc) is 3.42. The quantitative estimate of drug-likeness (QED) is 0.536. The molecule has 1 atom stereocenters. The number of methoxy groups -OCH3 is 1. The van der Waals surface area contributed by atoms with Gasteiger partial charge < -0.3 is 9.15 Å². The predicted molar refractivity (Wildman–Crippen MR) is 95.6 cm³/mol. The van der Waals surface area contributed by atoms with Gasteiger partial charge in [0.25, 0.3) is 0 Å². The van der Waals surface area contributed by atoms with Crippen molar-refractivity contribution in [1.29, 1.82) is 0 Å². The lowest BCUT2D eigenvalue weighted by Crippen LogP contribution is -2.06. The molecule has 3 heterocycles. The van der Waals surface area contributed by atoms with Crippen molar-refractivity contribution in [3.8, 4) is 26.9 Å². The van der Waals surface area contributed by atoms with Crippen LogP contribution in [0.1, 0.15) is 18.7 Å². The molecule has 0 aliphatic carbocycles. The third-order valence-corrected chi connectivity index (χ3v) is 5.01. The largest absolute Gasteiger partial charge is 0.496 e. The highest BCUT2D eigenvalue weighted by atomic mass is 32.1. The van der Waals surface area contributed by atoms with E-state index in [1.54, 1.807) is 29.4 Å². The molecule has 0 aliphatic rings. The minimum absolute atomic E-state index is 0.0159. The van der Waals surface area contributed by atoms with Gasteiger partial charge in [-0.3, -0.25) is 0 Å². The summed E-state index contributed by atoms with van der Waals surface area (Å²) in [5.41, 5.74) is 1.76. The van der Waals surface area contributed by atoms with E-state index < -0.39 is 0 Å². The van der Waals surface area contributed by atoms with Gasteiger partial charge in [0.2, 0.25) is 0 Å². The number of nitrogens with zero attached hydrogens (tertiary/aromatic N) is 4. The van der Waals surface area contributed by atoms with Gasteiger partial charge in [0.05, 0.1) is 30.0 Å². The maximum atomic E-state index is 5.44. The summed E-state index contributed by atoms with van der Waals surface area (Å²) in [5, 5.41) is 9.39. The monoisotopic (exact) mass is 352 g/mol. The first-order chi connectivity index (χ1) is 12.3. The van der Waals surface area contributed by atoms with Crippen molar-refractivity contribution in [2.75, 3.05) is 7.11 Å². The zero-order valence-electron chi connectivity index (χ0n) is 13.8. The smallest absolute Gasteiger partial charge is 0.129 e. The highest BCUT2D eigenvalue weighted by Gasteiger charge is 2.16. The van der Waals surface area contributed by atoms with Gasteiger partial charge in [-0.05, 0) is 31.2 Å². The SMILES string of the molecule is COc1ccccc1-c1ncc(-c2cn([C@H](C)c3ccco3)nn2)s1. The Morgan fingerprint density at radius 1 is 1.20 bits per heavy atom. The van der Waals surface area contributed by atoms with E-state index in [4.69, 9.17) is 9.15 Å². The Kier molecular flexibility index (Phi) is 4.07. The van der Waals surface area contributed by atoms with E-state index in [1.807, 2.05) is 55.7 Å². The van der Waals surface area contributed by atoms with Crippen molar-refractivity contribution < 1.29 is 9.15 Å². The van der Waals surface area contributed by atoms with Crippen LogP contribution in [0.3, 0.4) is 0 Å². The van der Waals surface area contributed by atoms with Gasteiger partial charge in [0.1, 0.15) is 28.3 Å². The normalized spacial score (nSPS) is 12.2. The van der Waals surface area contributed by atoms with Crippen LogP contribution < -0.4 is 4.74 Å². The number of hydrogen-bond acceptors (Lipinski definition) is 6. The molecular weight excluding hydrogens is 336 g/mol. The van der Waals surface area contributed by atoms with E-state index in [-0.39, 0.29) is 6.04 Å². The van der Waals surface area contributed by atoms with Crippen molar-refractivity contribution in [2.45, 2.75) is 13.0 Å². The third kappa shape index (κ3) is 2.94. The molecular formula is C18H16N4O2S. The van der Waals surface area contributed by atoms with Gasteiger partial charge >= 0.3 is 0 Å². The zero-order valence-corrected chi connectivity index (χ0v) is 14.6. The average molecular weight is 352 g/mol. The van der Waals surface area contributed by atoms with Gasteiger partial charge in [-0.2, -0.15) is 0 Å².